The Morgan fingerprint density at radius 2 is 1.00 bits per heavy atom. The Hall–Kier alpha value is -0.130. The third kappa shape index (κ3) is 17.3. The standard InChI is InChI=1S/C21H44O4S/c1-3-4-5-15-18-21(22)19-16-13-11-9-7-6-8-10-12-14-17-20(2)26(23,24)25/h20-22H,3-19H2,1-2H3,(H,23,24,25). The summed E-state index contributed by atoms with van der Waals surface area (Å²) in [6.07, 6.45) is 19.2. The largest absolute Gasteiger partial charge is 0.393 e. The zero-order valence-electron chi connectivity index (χ0n) is 17.3. The van der Waals surface area contributed by atoms with Gasteiger partial charge in [0.1, 0.15) is 0 Å². The lowest BCUT2D eigenvalue weighted by atomic mass is 10.0. The number of hydrogen-bond acceptors (Lipinski definition) is 3. The van der Waals surface area contributed by atoms with Crippen molar-refractivity contribution < 1.29 is 18.1 Å². The van der Waals surface area contributed by atoms with Crippen molar-refractivity contribution in [2.24, 2.45) is 0 Å². The zero-order chi connectivity index (χ0) is 19.7. The normalized spacial score (nSPS) is 14.5. The minimum atomic E-state index is -3.84. The van der Waals surface area contributed by atoms with E-state index >= 15 is 0 Å². The van der Waals surface area contributed by atoms with Crippen LogP contribution < -0.4 is 0 Å². The molecule has 2 unspecified atom stereocenters. The molecule has 0 rings (SSSR count). The van der Waals surface area contributed by atoms with E-state index in [2.05, 4.69) is 6.92 Å². The molecule has 0 heterocycles. The lowest BCUT2D eigenvalue weighted by Gasteiger charge is -2.10. The van der Waals surface area contributed by atoms with E-state index in [0.717, 1.165) is 38.5 Å². The molecule has 0 aromatic heterocycles. The van der Waals surface area contributed by atoms with Crippen LogP contribution in [0.15, 0.2) is 0 Å². The molecule has 0 aliphatic carbocycles. The number of aliphatic hydroxyl groups is 1. The van der Waals surface area contributed by atoms with Crippen LogP contribution in [0, 0.1) is 0 Å². The maximum atomic E-state index is 10.9. The Morgan fingerprint density at radius 1 is 0.654 bits per heavy atom. The van der Waals surface area contributed by atoms with Gasteiger partial charge in [-0.1, -0.05) is 96.8 Å². The van der Waals surface area contributed by atoms with E-state index < -0.39 is 15.4 Å². The Balaban J connectivity index is 3.24. The van der Waals surface area contributed by atoms with Gasteiger partial charge in [-0.3, -0.25) is 4.55 Å². The molecule has 26 heavy (non-hydrogen) atoms. The van der Waals surface area contributed by atoms with Crippen LogP contribution in [-0.2, 0) is 10.1 Å². The zero-order valence-corrected chi connectivity index (χ0v) is 18.1. The summed E-state index contributed by atoms with van der Waals surface area (Å²) in [6, 6.07) is 0. The summed E-state index contributed by atoms with van der Waals surface area (Å²) in [4.78, 5) is 0. The number of aliphatic hydroxyl groups excluding tert-OH is 1. The highest BCUT2D eigenvalue weighted by atomic mass is 32.2. The minimum Gasteiger partial charge on any atom is -0.393 e. The molecule has 0 aromatic carbocycles. The molecule has 0 radical (unpaired) electrons. The monoisotopic (exact) mass is 392 g/mol. The van der Waals surface area contributed by atoms with Gasteiger partial charge in [-0.15, -0.1) is 0 Å². The van der Waals surface area contributed by atoms with Crippen LogP contribution in [0.5, 0.6) is 0 Å². The van der Waals surface area contributed by atoms with E-state index in [1.54, 1.807) is 6.92 Å². The highest BCUT2D eigenvalue weighted by Gasteiger charge is 2.15. The first kappa shape index (κ1) is 25.9. The predicted octanol–water partition coefficient (Wildman–Crippen LogP) is 6.28. The molecule has 4 nitrogen and oxygen atoms in total. The van der Waals surface area contributed by atoms with Crippen molar-refractivity contribution in [1.82, 2.24) is 0 Å². The first-order valence-electron chi connectivity index (χ1n) is 11.0. The Morgan fingerprint density at radius 3 is 1.38 bits per heavy atom. The molecule has 0 aromatic rings. The van der Waals surface area contributed by atoms with E-state index in [4.69, 9.17) is 4.55 Å². The summed E-state index contributed by atoms with van der Waals surface area (Å²) in [5.74, 6) is 0. The predicted molar refractivity (Wildman–Crippen MR) is 111 cm³/mol. The van der Waals surface area contributed by atoms with Gasteiger partial charge >= 0.3 is 0 Å². The fourth-order valence-electron chi connectivity index (χ4n) is 3.33. The molecule has 0 amide bonds. The molecule has 0 fully saturated rings. The van der Waals surface area contributed by atoms with E-state index in [0.29, 0.717) is 6.42 Å². The second-order valence-electron chi connectivity index (χ2n) is 7.94. The van der Waals surface area contributed by atoms with Gasteiger partial charge in [0.25, 0.3) is 10.1 Å². The molecule has 2 N–H and O–H groups in total. The molecule has 0 aliphatic rings. The van der Waals surface area contributed by atoms with Gasteiger partial charge in [-0.05, 0) is 26.2 Å². The maximum Gasteiger partial charge on any atom is 0.267 e. The van der Waals surface area contributed by atoms with Crippen LogP contribution in [0.2, 0.25) is 0 Å². The Kier molecular flexibility index (Phi) is 16.9. The molecular formula is C21H44O4S. The second kappa shape index (κ2) is 17.0. The van der Waals surface area contributed by atoms with Crippen molar-refractivity contribution in [1.29, 1.82) is 0 Å². The maximum absolute atomic E-state index is 10.9. The van der Waals surface area contributed by atoms with Crippen molar-refractivity contribution in [3.8, 4) is 0 Å². The van der Waals surface area contributed by atoms with Crippen molar-refractivity contribution in [2.45, 2.75) is 134 Å². The third-order valence-corrected chi connectivity index (χ3v) is 6.55. The van der Waals surface area contributed by atoms with Crippen LogP contribution >= 0.6 is 0 Å². The van der Waals surface area contributed by atoms with Gasteiger partial charge in [0.15, 0.2) is 0 Å². The summed E-state index contributed by atoms with van der Waals surface area (Å²) in [6.45, 7) is 3.78. The van der Waals surface area contributed by atoms with Crippen LogP contribution in [0.4, 0.5) is 0 Å². The topological polar surface area (TPSA) is 74.6 Å². The van der Waals surface area contributed by atoms with Gasteiger partial charge in [0.05, 0.1) is 11.4 Å². The molecule has 158 valence electrons. The Bertz CT molecular complexity index is 395. The molecular weight excluding hydrogens is 348 g/mol. The van der Waals surface area contributed by atoms with Gasteiger partial charge in [-0.2, -0.15) is 8.42 Å². The van der Waals surface area contributed by atoms with Gasteiger partial charge in [0, 0.05) is 0 Å². The first-order valence-corrected chi connectivity index (χ1v) is 12.5. The van der Waals surface area contributed by atoms with E-state index in [-0.39, 0.29) is 6.10 Å². The summed E-state index contributed by atoms with van der Waals surface area (Å²) in [7, 11) is -3.84. The van der Waals surface area contributed by atoms with E-state index in [1.165, 1.54) is 64.2 Å². The van der Waals surface area contributed by atoms with Crippen molar-refractivity contribution in [3.63, 3.8) is 0 Å². The highest BCUT2D eigenvalue weighted by molar-refractivity contribution is 7.86. The average molecular weight is 393 g/mol. The van der Waals surface area contributed by atoms with Crippen molar-refractivity contribution in [3.05, 3.63) is 0 Å². The lowest BCUT2D eigenvalue weighted by molar-refractivity contribution is 0.147. The summed E-state index contributed by atoms with van der Waals surface area (Å²) in [5.41, 5.74) is 0. The van der Waals surface area contributed by atoms with Gasteiger partial charge < -0.3 is 5.11 Å². The van der Waals surface area contributed by atoms with Crippen LogP contribution in [-0.4, -0.2) is 29.4 Å². The third-order valence-electron chi connectivity index (χ3n) is 5.30. The molecule has 5 heteroatoms. The minimum absolute atomic E-state index is 0.0876. The number of rotatable bonds is 19. The molecule has 0 saturated heterocycles. The van der Waals surface area contributed by atoms with Crippen LogP contribution in [0.25, 0.3) is 0 Å². The molecule has 0 saturated carbocycles. The Labute approximate surface area is 162 Å². The summed E-state index contributed by atoms with van der Waals surface area (Å²) >= 11 is 0. The lowest BCUT2D eigenvalue weighted by Crippen LogP contribution is -2.16. The summed E-state index contributed by atoms with van der Waals surface area (Å²) < 4.78 is 30.7. The van der Waals surface area contributed by atoms with Crippen LogP contribution in [0.3, 0.4) is 0 Å². The van der Waals surface area contributed by atoms with Gasteiger partial charge in [0.2, 0.25) is 0 Å². The quantitative estimate of drug-likeness (QED) is 0.200. The first-order chi connectivity index (χ1) is 12.4. The molecule has 2 atom stereocenters. The second-order valence-corrected chi connectivity index (χ2v) is 9.78. The fourth-order valence-corrected chi connectivity index (χ4v) is 3.79. The number of unbranched alkanes of at least 4 members (excludes halogenated alkanes) is 12. The SMILES string of the molecule is CCCCCCC(O)CCCCCCCCCCCCC(C)S(=O)(=O)O. The molecule has 0 spiro atoms. The van der Waals surface area contributed by atoms with E-state index in [1.807, 2.05) is 0 Å². The summed E-state index contributed by atoms with van der Waals surface area (Å²) in [5, 5.41) is 9.30. The smallest absolute Gasteiger partial charge is 0.267 e. The average Bonchev–Trinajstić information content (AvgIpc) is 2.58. The van der Waals surface area contributed by atoms with Crippen molar-refractivity contribution >= 4 is 10.1 Å². The molecule has 0 bridgehead atoms. The van der Waals surface area contributed by atoms with Crippen molar-refractivity contribution in [2.75, 3.05) is 0 Å². The van der Waals surface area contributed by atoms with Crippen LogP contribution in [0.1, 0.15) is 123 Å². The molecule has 0 aliphatic heterocycles. The van der Waals surface area contributed by atoms with E-state index in [9.17, 15) is 13.5 Å². The number of hydrogen-bond donors (Lipinski definition) is 2. The van der Waals surface area contributed by atoms with Gasteiger partial charge in [-0.25, -0.2) is 0 Å². The highest BCUT2D eigenvalue weighted by Crippen LogP contribution is 2.15. The fraction of sp³-hybridized carbons (Fsp3) is 1.00.